The summed E-state index contributed by atoms with van der Waals surface area (Å²) >= 11 is 0. The Morgan fingerprint density at radius 1 is 1.25 bits per heavy atom. The van der Waals surface area contributed by atoms with Crippen LogP contribution >= 0.6 is 0 Å². The van der Waals surface area contributed by atoms with Gasteiger partial charge in [0.05, 0.1) is 30.8 Å². The minimum Gasteiger partial charge on any atom is -0.507 e. The molecule has 9 heteroatoms. The molecule has 3 aromatic rings. The maximum atomic E-state index is 12.2. The van der Waals surface area contributed by atoms with Gasteiger partial charge in [0.15, 0.2) is 5.82 Å². The molecule has 4 rings (SSSR count). The number of aromatic hydroxyl groups is 1. The summed E-state index contributed by atoms with van der Waals surface area (Å²) in [4.78, 5) is 19.0. The molecule has 32 heavy (non-hydrogen) atoms. The van der Waals surface area contributed by atoms with Crippen molar-refractivity contribution in [2.45, 2.75) is 26.8 Å². The van der Waals surface area contributed by atoms with Gasteiger partial charge in [-0.2, -0.15) is 5.10 Å². The lowest BCUT2D eigenvalue weighted by molar-refractivity contribution is 0.100. The highest BCUT2D eigenvalue weighted by Crippen LogP contribution is 2.25. The van der Waals surface area contributed by atoms with Crippen molar-refractivity contribution in [2.24, 2.45) is 5.73 Å². The predicted molar refractivity (Wildman–Crippen MR) is 122 cm³/mol. The monoisotopic (exact) mass is 436 g/mol. The normalized spacial score (nSPS) is 13.9. The summed E-state index contributed by atoms with van der Waals surface area (Å²) in [5.41, 5.74) is 11.0. The van der Waals surface area contributed by atoms with Crippen LogP contribution in [0.25, 0.3) is 0 Å². The van der Waals surface area contributed by atoms with Gasteiger partial charge in [-0.3, -0.25) is 14.9 Å². The van der Waals surface area contributed by atoms with Crippen molar-refractivity contribution in [1.29, 1.82) is 0 Å². The van der Waals surface area contributed by atoms with Gasteiger partial charge in [-0.1, -0.05) is 12.1 Å². The summed E-state index contributed by atoms with van der Waals surface area (Å²) in [6.07, 6.45) is 2.25. The Balaban J connectivity index is 1.47. The Labute approximate surface area is 186 Å². The Morgan fingerprint density at radius 2 is 1.97 bits per heavy atom. The summed E-state index contributed by atoms with van der Waals surface area (Å²) in [6, 6.07) is 7.77. The zero-order valence-corrected chi connectivity index (χ0v) is 18.3. The van der Waals surface area contributed by atoms with Crippen molar-refractivity contribution >= 4 is 17.4 Å². The number of nitrogens with two attached hydrogens (primary N) is 1. The smallest absolute Gasteiger partial charge is 0.254 e. The molecule has 1 saturated heterocycles. The standard InChI is InChI=1S/C23H28N6O3/c1-14-9-16(10-15(2)21(14)30)12-26-23-20(22(24)31)19(27-28-23)11-17-3-4-18(13-25-17)29-5-7-32-8-6-29/h3-4,9-10,13,30H,5-8,11-12H2,1-2H3,(H2,24,31)(H2,26,27,28). The molecule has 0 unspecified atom stereocenters. The van der Waals surface area contributed by atoms with Crippen LogP contribution < -0.4 is 16.0 Å². The lowest BCUT2D eigenvalue weighted by Gasteiger charge is -2.28. The minimum atomic E-state index is -0.556. The van der Waals surface area contributed by atoms with Crippen molar-refractivity contribution in [3.63, 3.8) is 0 Å². The fourth-order valence-corrected chi connectivity index (χ4v) is 3.94. The van der Waals surface area contributed by atoms with E-state index < -0.39 is 5.91 Å². The quantitative estimate of drug-likeness (QED) is 0.447. The van der Waals surface area contributed by atoms with E-state index in [2.05, 4.69) is 25.4 Å². The van der Waals surface area contributed by atoms with Crippen LogP contribution in [0.4, 0.5) is 11.5 Å². The van der Waals surface area contributed by atoms with Crippen LogP contribution in [-0.4, -0.2) is 52.5 Å². The van der Waals surface area contributed by atoms with Gasteiger partial charge < -0.3 is 25.8 Å². The Hall–Kier alpha value is -3.59. The van der Waals surface area contributed by atoms with Crippen LogP contribution in [-0.2, 0) is 17.7 Å². The molecule has 168 valence electrons. The summed E-state index contributed by atoms with van der Waals surface area (Å²) < 4.78 is 5.39. The van der Waals surface area contributed by atoms with Crippen molar-refractivity contribution in [2.75, 3.05) is 36.5 Å². The van der Waals surface area contributed by atoms with Crippen LogP contribution in [0.3, 0.4) is 0 Å². The van der Waals surface area contributed by atoms with Gasteiger partial charge in [0.25, 0.3) is 5.91 Å². The molecular weight excluding hydrogens is 408 g/mol. The van der Waals surface area contributed by atoms with E-state index in [1.165, 1.54) is 0 Å². The molecule has 1 amide bonds. The number of hydrogen-bond donors (Lipinski definition) is 4. The van der Waals surface area contributed by atoms with E-state index in [9.17, 15) is 9.90 Å². The van der Waals surface area contributed by atoms with E-state index in [0.717, 1.165) is 54.4 Å². The lowest BCUT2D eigenvalue weighted by Crippen LogP contribution is -2.36. The van der Waals surface area contributed by atoms with Crippen molar-refractivity contribution < 1.29 is 14.6 Å². The first kappa shape index (κ1) is 21.6. The number of aromatic amines is 1. The van der Waals surface area contributed by atoms with Crippen LogP contribution in [0.2, 0.25) is 0 Å². The largest absolute Gasteiger partial charge is 0.507 e. The van der Waals surface area contributed by atoms with Gasteiger partial charge in [0.1, 0.15) is 11.3 Å². The highest BCUT2D eigenvalue weighted by molar-refractivity contribution is 5.98. The van der Waals surface area contributed by atoms with Gasteiger partial charge in [-0.05, 0) is 42.7 Å². The average Bonchev–Trinajstić information content (AvgIpc) is 3.19. The molecule has 0 atom stereocenters. The van der Waals surface area contributed by atoms with E-state index in [1.807, 2.05) is 44.3 Å². The molecule has 5 N–H and O–H groups in total. The maximum Gasteiger partial charge on any atom is 0.254 e. The number of carbonyl (C=O) groups excluding carboxylic acids is 1. The van der Waals surface area contributed by atoms with E-state index in [-0.39, 0.29) is 0 Å². The maximum absolute atomic E-state index is 12.2. The number of morpholine rings is 1. The fourth-order valence-electron chi connectivity index (χ4n) is 3.94. The van der Waals surface area contributed by atoms with Crippen LogP contribution in [0.1, 0.15) is 38.4 Å². The predicted octanol–water partition coefficient (Wildman–Crippen LogP) is 2.27. The minimum absolute atomic E-state index is 0.292. The molecule has 1 aromatic carbocycles. The zero-order chi connectivity index (χ0) is 22.7. The topological polar surface area (TPSA) is 129 Å². The average molecular weight is 437 g/mol. The fraction of sp³-hybridized carbons (Fsp3) is 0.348. The number of carbonyl (C=O) groups is 1. The van der Waals surface area contributed by atoms with Gasteiger partial charge in [0.2, 0.25) is 0 Å². The molecule has 0 aliphatic carbocycles. The van der Waals surface area contributed by atoms with Crippen LogP contribution in [0.15, 0.2) is 30.5 Å². The summed E-state index contributed by atoms with van der Waals surface area (Å²) in [7, 11) is 0. The number of phenolic OH excluding ortho intramolecular Hbond substituents is 1. The van der Waals surface area contributed by atoms with Crippen LogP contribution in [0, 0.1) is 13.8 Å². The summed E-state index contributed by atoms with van der Waals surface area (Å²) in [5, 5.41) is 20.3. The number of hydrogen-bond acceptors (Lipinski definition) is 7. The molecule has 0 saturated carbocycles. The van der Waals surface area contributed by atoms with E-state index in [4.69, 9.17) is 10.5 Å². The summed E-state index contributed by atoms with van der Waals surface area (Å²) in [6.45, 7) is 7.28. The van der Waals surface area contributed by atoms with Crippen LogP contribution in [0.5, 0.6) is 5.75 Å². The Morgan fingerprint density at radius 3 is 2.59 bits per heavy atom. The number of phenols is 1. The number of aromatic nitrogens is 3. The number of pyridine rings is 1. The molecule has 0 spiro atoms. The molecule has 1 aliphatic rings. The molecule has 1 fully saturated rings. The molecule has 0 radical (unpaired) electrons. The number of ether oxygens (including phenoxy) is 1. The number of rotatable bonds is 7. The van der Waals surface area contributed by atoms with E-state index in [0.29, 0.717) is 35.8 Å². The second-order valence-corrected chi connectivity index (χ2v) is 8.01. The number of anilines is 2. The second kappa shape index (κ2) is 9.27. The van der Waals surface area contributed by atoms with Gasteiger partial charge >= 0.3 is 0 Å². The third kappa shape index (κ3) is 4.67. The first-order chi connectivity index (χ1) is 15.4. The van der Waals surface area contributed by atoms with Crippen molar-refractivity contribution in [1.82, 2.24) is 15.2 Å². The molecular formula is C23H28N6O3. The van der Waals surface area contributed by atoms with Gasteiger partial charge in [-0.25, -0.2) is 0 Å². The SMILES string of the molecule is Cc1cc(CNc2n[nH]c(Cc3ccc(N4CCOCC4)cn3)c2C(N)=O)cc(C)c1O. The van der Waals surface area contributed by atoms with E-state index in [1.54, 1.807) is 0 Å². The Bertz CT molecular complexity index is 1080. The van der Waals surface area contributed by atoms with Crippen molar-refractivity contribution in [3.05, 3.63) is 64.1 Å². The number of amides is 1. The third-order valence-corrected chi connectivity index (χ3v) is 5.64. The number of H-pyrrole nitrogens is 1. The number of nitrogens with zero attached hydrogens (tertiary/aromatic N) is 3. The van der Waals surface area contributed by atoms with Crippen molar-refractivity contribution in [3.8, 4) is 5.75 Å². The van der Waals surface area contributed by atoms with Gasteiger partial charge in [0, 0.05) is 31.7 Å². The molecule has 9 nitrogen and oxygen atoms in total. The first-order valence-electron chi connectivity index (χ1n) is 10.6. The first-order valence-corrected chi connectivity index (χ1v) is 10.6. The van der Waals surface area contributed by atoms with E-state index >= 15 is 0 Å². The number of nitrogens with one attached hydrogen (secondary N) is 2. The number of aryl methyl sites for hydroxylation is 2. The highest BCUT2D eigenvalue weighted by Gasteiger charge is 2.19. The van der Waals surface area contributed by atoms with Gasteiger partial charge in [-0.15, -0.1) is 0 Å². The third-order valence-electron chi connectivity index (χ3n) is 5.64. The second-order valence-electron chi connectivity index (χ2n) is 8.01. The molecule has 1 aliphatic heterocycles. The Kier molecular flexibility index (Phi) is 6.27. The molecule has 3 heterocycles. The number of primary amides is 1. The molecule has 0 bridgehead atoms. The lowest BCUT2D eigenvalue weighted by atomic mass is 10.1. The number of benzene rings is 1. The molecule has 2 aromatic heterocycles. The zero-order valence-electron chi connectivity index (χ0n) is 18.3. The summed E-state index contributed by atoms with van der Waals surface area (Å²) in [5.74, 6) is 0.140. The highest BCUT2D eigenvalue weighted by atomic mass is 16.5.